The van der Waals surface area contributed by atoms with Crippen molar-refractivity contribution in [3.63, 3.8) is 0 Å². The fraction of sp³-hybridized carbons (Fsp3) is 0.952. The van der Waals surface area contributed by atoms with Crippen LogP contribution in [-0.4, -0.2) is 81.1 Å². The summed E-state index contributed by atoms with van der Waals surface area (Å²) in [5.74, 6) is -1.40. The van der Waals surface area contributed by atoms with Crippen LogP contribution in [0.4, 0.5) is 0 Å². The molecular formula is C21H45N2O7S2+. The largest absolute Gasteiger partial charge is 0.351 e. The zero-order chi connectivity index (χ0) is 24.7. The molecule has 0 saturated heterocycles. The van der Waals surface area contributed by atoms with E-state index in [-0.39, 0.29) is 23.5 Å². The van der Waals surface area contributed by atoms with Crippen molar-refractivity contribution in [3.8, 4) is 0 Å². The predicted molar refractivity (Wildman–Crippen MR) is 128 cm³/mol. The molecule has 0 fully saturated rings. The maximum absolute atomic E-state index is 12.2. The van der Waals surface area contributed by atoms with E-state index in [1.54, 1.807) is 14.1 Å². The standard InChI is InChI=1S/C21H44N2O7S2/c1-4-5-6-7-8-9-10-11-12-13-14-15-16-22-21(24)18-23(2,3)17-20(32(28,29)30)19-31(25,26)27/h20H,4-19H2,1-3H3,(H2-,22,24,25,26,27,28,29,30)/p+1. The number of rotatable bonds is 20. The van der Waals surface area contributed by atoms with E-state index in [1.807, 2.05) is 0 Å². The van der Waals surface area contributed by atoms with Gasteiger partial charge in [0.25, 0.3) is 26.1 Å². The molecule has 0 aromatic rings. The van der Waals surface area contributed by atoms with Gasteiger partial charge in [-0.1, -0.05) is 77.6 Å². The first-order valence-corrected chi connectivity index (χ1v) is 14.9. The molecule has 0 aromatic carbocycles. The molecule has 0 rings (SSSR count). The molecule has 0 spiro atoms. The number of quaternary nitrogens is 1. The molecule has 3 N–H and O–H groups in total. The highest BCUT2D eigenvalue weighted by atomic mass is 32.2. The van der Waals surface area contributed by atoms with Gasteiger partial charge in [-0.15, -0.1) is 0 Å². The molecule has 0 saturated carbocycles. The molecule has 0 aliphatic heterocycles. The summed E-state index contributed by atoms with van der Waals surface area (Å²) in [6.07, 6.45) is 14.8. The fourth-order valence-electron chi connectivity index (χ4n) is 3.72. The SMILES string of the molecule is CCCCCCCCCCCCCCNC(=O)C[N+](C)(C)CC(CS(=O)(=O)O)S(=O)(=O)O. The van der Waals surface area contributed by atoms with E-state index < -0.39 is 31.2 Å². The minimum absolute atomic E-state index is 0.0737. The van der Waals surface area contributed by atoms with Crippen LogP contribution in [0.25, 0.3) is 0 Å². The third-order valence-corrected chi connectivity index (χ3v) is 7.63. The van der Waals surface area contributed by atoms with E-state index in [0.717, 1.165) is 19.3 Å². The van der Waals surface area contributed by atoms with Crippen LogP contribution in [0, 0.1) is 0 Å². The second-order valence-corrected chi connectivity index (χ2v) is 12.6. The van der Waals surface area contributed by atoms with Crippen molar-refractivity contribution < 1.29 is 35.2 Å². The van der Waals surface area contributed by atoms with Crippen molar-refractivity contribution in [2.75, 3.05) is 39.5 Å². The van der Waals surface area contributed by atoms with Crippen LogP contribution in [0.15, 0.2) is 0 Å². The molecule has 0 aromatic heterocycles. The van der Waals surface area contributed by atoms with Crippen LogP contribution >= 0.6 is 0 Å². The van der Waals surface area contributed by atoms with Gasteiger partial charge in [-0.25, -0.2) is 0 Å². The summed E-state index contributed by atoms with van der Waals surface area (Å²) in [6.45, 7) is 2.35. The number of hydrogen-bond donors (Lipinski definition) is 3. The Morgan fingerprint density at radius 2 is 1.25 bits per heavy atom. The average Bonchev–Trinajstić information content (AvgIpc) is 2.62. The molecule has 1 atom stereocenters. The van der Waals surface area contributed by atoms with Gasteiger partial charge in [0.2, 0.25) is 0 Å². The van der Waals surface area contributed by atoms with Crippen molar-refractivity contribution in [1.29, 1.82) is 0 Å². The molecule has 0 aliphatic rings. The lowest BCUT2D eigenvalue weighted by Crippen LogP contribution is -2.53. The van der Waals surface area contributed by atoms with E-state index in [9.17, 15) is 26.2 Å². The molecule has 1 unspecified atom stereocenters. The first-order chi connectivity index (χ1) is 14.8. The normalized spacial score (nSPS) is 13.8. The van der Waals surface area contributed by atoms with Gasteiger partial charge < -0.3 is 9.80 Å². The molecular weight excluding hydrogens is 456 g/mol. The maximum Gasteiger partial charge on any atom is 0.275 e. The Hall–Kier alpha value is -0.750. The smallest absolute Gasteiger partial charge is 0.275 e. The van der Waals surface area contributed by atoms with Gasteiger partial charge >= 0.3 is 0 Å². The van der Waals surface area contributed by atoms with Crippen LogP contribution < -0.4 is 5.32 Å². The van der Waals surface area contributed by atoms with Gasteiger partial charge in [-0.3, -0.25) is 13.9 Å². The van der Waals surface area contributed by atoms with Crippen LogP contribution in [0.5, 0.6) is 0 Å². The van der Waals surface area contributed by atoms with E-state index in [1.165, 1.54) is 57.8 Å². The second kappa shape index (κ2) is 16.0. The van der Waals surface area contributed by atoms with Gasteiger partial charge in [0.15, 0.2) is 11.8 Å². The number of carbonyl (C=O) groups excluding carboxylic acids is 1. The summed E-state index contributed by atoms with van der Waals surface area (Å²) in [6, 6.07) is 0. The van der Waals surface area contributed by atoms with Crippen molar-refractivity contribution in [2.45, 2.75) is 89.2 Å². The maximum atomic E-state index is 12.2. The van der Waals surface area contributed by atoms with Gasteiger partial charge in [-0.05, 0) is 6.42 Å². The lowest BCUT2D eigenvalue weighted by atomic mass is 10.1. The highest BCUT2D eigenvalue weighted by molar-refractivity contribution is 7.90. The summed E-state index contributed by atoms with van der Waals surface area (Å²) in [7, 11) is -6.17. The number of nitrogens with one attached hydrogen (secondary N) is 1. The second-order valence-electron chi connectivity index (χ2n) is 9.40. The molecule has 1 amide bonds. The summed E-state index contributed by atoms with van der Waals surface area (Å²) in [5, 5.41) is 1.09. The molecule has 0 bridgehead atoms. The lowest BCUT2D eigenvalue weighted by Gasteiger charge is -2.31. The Labute approximate surface area is 195 Å². The number of unbranched alkanes of at least 4 members (excludes halogenated alkanes) is 11. The van der Waals surface area contributed by atoms with Crippen LogP contribution in [0.2, 0.25) is 0 Å². The number of carbonyl (C=O) groups is 1. The zero-order valence-corrected chi connectivity index (χ0v) is 21.7. The van der Waals surface area contributed by atoms with Crippen LogP contribution in [-0.2, 0) is 25.0 Å². The molecule has 9 nitrogen and oxygen atoms in total. The predicted octanol–water partition coefficient (Wildman–Crippen LogP) is 3.02. The van der Waals surface area contributed by atoms with Gasteiger partial charge in [0, 0.05) is 6.54 Å². The zero-order valence-electron chi connectivity index (χ0n) is 20.1. The number of nitrogens with zero attached hydrogens (tertiary/aromatic N) is 1. The summed E-state index contributed by atoms with van der Waals surface area (Å²) < 4.78 is 63.0. The lowest BCUT2D eigenvalue weighted by molar-refractivity contribution is -0.881. The van der Waals surface area contributed by atoms with Crippen molar-refractivity contribution >= 4 is 26.1 Å². The summed E-state index contributed by atoms with van der Waals surface area (Å²) in [5.41, 5.74) is 0. The van der Waals surface area contributed by atoms with Crippen molar-refractivity contribution in [1.82, 2.24) is 5.32 Å². The molecule has 0 radical (unpaired) electrons. The minimum Gasteiger partial charge on any atom is -0.351 e. The Balaban J connectivity index is 4.00. The van der Waals surface area contributed by atoms with Crippen molar-refractivity contribution in [3.05, 3.63) is 0 Å². The molecule has 11 heteroatoms. The van der Waals surface area contributed by atoms with E-state index in [2.05, 4.69) is 12.2 Å². The van der Waals surface area contributed by atoms with E-state index in [0.29, 0.717) is 6.54 Å². The first-order valence-electron chi connectivity index (χ1n) is 11.8. The van der Waals surface area contributed by atoms with Gasteiger partial charge in [0.1, 0.15) is 5.75 Å². The topological polar surface area (TPSA) is 138 Å². The molecule has 32 heavy (non-hydrogen) atoms. The van der Waals surface area contributed by atoms with E-state index in [4.69, 9.17) is 4.55 Å². The Morgan fingerprint density at radius 1 is 0.812 bits per heavy atom. The van der Waals surface area contributed by atoms with Crippen LogP contribution in [0.3, 0.4) is 0 Å². The number of amides is 1. The Bertz CT molecular complexity index is 722. The number of likely N-dealkylation sites (N-methyl/N-ethyl adjacent to an activating group) is 1. The monoisotopic (exact) mass is 501 g/mol. The van der Waals surface area contributed by atoms with Gasteiger partial charge in [-0.2, -0.15) is 16.8 Å². The third-order valence-electron chi connectivity index (χ3n) is 5.44. The third kappa shape index (κ3) is 18.8. The summed E-state index contributed by atoms with van der Waals surface area (Å²) >= 11 is 0. The molecule has 0 aliphatic carbocycles. The summed E-state index contributed by atoms with van der Waals surface area (Å²) in [4.78, 5) is 12.2. The minimum atomic E-state index is -4.70. The molecule has 192 valence electrons. The van der Waals surface area contributed by atoms with Crippen LogP contribution in [0.1, 0.15) is 84.0 Å². The Morgan fingerprint density at radius 3 is 1.66 bits per heavy atom. The average molecular weight is 502 g/mol. The number of hydrogen-bond acceptors (Lipinski definition) is 5. The fourth-order valence-corrected chi connectivity index (χ4v) is 6.09. The first kappa shape index (κ1) is 31.2. The Kier molecular flexibility index (Phi) is 15.6. The van der Waals surface area contributed by atoms with E-state index >= 15 is 0 Å². The highest BCUT2D eigenvalue weighted by Crippen LogP contribution is 2.12. The molecule has 0 heterocycles. The quantitative estimate of drug-likeness (QED) is 0.132. The van der Waals surface area contributed by atoms with Gasteiger partial charge in [0.05, 0.1) is 20.6 Å². The highest BCUT2D eigenvalue weighted by Gasteiger charge is 2.35. The van der Waals surface area contributed by atoms with Crippen molar-refractivity contribution in [2.24, 2.45) is 0 Å².